The van der Waals surface area contributed by atoms with Crippen LogP contribution in [0.1, 0.15) is 27.6 Å². The van der Waals surface area contributed by atoms with E-state index >= 15 is 0 Å². The van der Waals surface area contributed by atoms with Crippen molar-refractivity contribution >= 4 is 11.9 Å². The molecular weight excluding hydrogens is 376 g/mol. The molecule has 0 bridgehead atoms. The van der Waals surface area contributed by atoms with E-state index in [-0.39, 0.29) is 6.61 Å². The molecule has 2 aromatic carbocycles. The third kappa shape index (κ3) is 5.00. The van der Waals surface area contributed by atoms with Crippen molar-refractivity contribution in [3.63, 3.8) is 0 Å². The van der Waals surface area contributed by atoms with Gasteiger partial charge in [-0.1, -0.05) is 36.4 Å². The molecule has 1 saturated heterocycles. The second-order valence-corrected chi connectivity index (χ2v) is 6.80. The van der Waals surface area contributed by atoms with Crippen LogP contribution in [-0.2, 0) is 18.9 Å². The Bertz CT molecular complexity index is 808. The van der Waals surface area contributed by atoms with E-state index < -0.39 is 42.5 Å². The van der Waals surface area contributed by atoms with Crippen molar-refractivity contribution in [1.29, 1.82) is 0 Å². The zero-order chi connectivity index (χ0) is 20.8. The lowest BCUT2D eigenvalue weighted by Gasteiger charge is -2.42. The van der Waals surface area contributed by atoms with E-state index in [9.17, 15) is 14.7 Å². The third-order valence-corrected chi connectivity index (χ3v) is 4.73. The quantitative estimate of drug-likeness (QED) is 0.744. The number of esters is 2. The topological polar surface area (TPSA) is 91.3 Å². The first-order valence-electron chi connectivity index (χ1n) is 9.35. The molecule has 0 aliphatic carbocycles. The van der Waals surface area contributed by atoms with E-state index in [0.717, 1.165) is 0 Å². The van der Waals surface area contributed by atoms with Gasteiger partial charge in [0.2, 0.25) is 0 Å². The molecule has 7 heteroatoms. The maximum atomic E-state index is 12.6. The second kappa shape index (κ2) is 9.65. The van der Waals surface area contributed by atoms with Gasteiger partial charge in [0.1, 0.15) is 12.2 Å². The van der Waals surface area contributed by atoms with Gasteiger partial charge in [0.15, 0.2) is 12.2 Å². The van der Waals surface area contributed by atoms with Crippen molar-refractivity contribution in [2.24, 2.45) is 0 Å². The highest BCUT2D eigenvalue weighted by Crippen LogP contribution is 2.27. The second-order valence-electron chi connectivity index (χ2n) is 6.80. The molecule has 0 spiro atoms. The summed E-state index contributed by atoms with van der Waals surface area (Å²) in [5.41, 5.74) is 0.677. The summed E-state index contributed by atoms with van der Waals surface area (Å²) < 4.78 is 22.0. The summed E-state index contributed by atoms with van der Waals surface area (Å²) >= 11 is 0. The van der Waals surface area contributed by atoms with Crippen molar-refractivity contribution in [3.05, 3.63) is 71.8 Å². The Kier molecular flexibility index (Phi) is 6.98. The van der Waals surface area contributed by atoms with Gasteiger partial charge >= 0.3 is 11.9 Å². The Labute approximate surface area is 169 Å². The molecule has 1 aliphatic heterocycles. The number of carbonyl (C=O) groups excluding carboxylic acids is 2. The molecule has 0 aromatic heterocycles. The highest BCUT2D eigenvalue weighted by Gasteiger charge is 2.48. The summed E-state index contributed by atoms with van der Waals surface area (Å²) in [7, 11) is 1.48. The minimum absolute atomic E-state index is 0.101. The van der Waals surface area contributed by atoms with E-state index in [1.165, 1.54) is 7.11 Å². The minimum atomic E-state index is -1.23. The third-order valence-electron chi connectivity index (χ3n) is 4.73. The van der Waals surface area contributed by atoms with Crippen LogP contribution < -0.4 is 0 Å². The number of aliphatic hydroxyl groups is 1. The molecule has 1 aliphatic rings. The SMILES string of the molecule is COCC1OC(C)C(OC(=O)c2ccccc2)C(OC(=O)c2ccccc2)C1O. The van der Waals surface area contributed by atoms with E-state index in [1.54, 1.807) is 67.6 Å². The predicted octanol–water partition coefficient (Wildman–Crippen LogP) is 2.23. The lowest BCUT2D eigenvalue weighted by Crippen LogP contribution is -2.60. The van der Waals surface area contributed by atoms with Gasteiger partial charge < -0.3 is 24.1 Å². The van der Waals surface area contributed by atoms with Gasteiger partial charge in [-0.2, -0.15) is 0 Å². The number of hydrogen-bond acceptors (Lipinski definition) is 7. The van der Waals surface area contributed by atoms with Crippen molar-refractivity contribution in [1.82, 2.24) is 0 Å². The molecule has 0 saturated carbocycles. The van der Waals surface area contributed by atoms with E-state index in [2.05, 4.69) is 0 Å². The molecule has 3 rings (SSSR count). The number of aliphatic hydroxyl groups excluding tert-OH is 1. The number of carbonyl (C=O) groups is 2. The molecular formula is C22H24O7. The molecule has 1 fully saturated rings. The number of rotatable bonds is 6. The highest BCUT2D eigenvalue weighted by atomic mass is 16.6. The number of hydrogen-bond donors (Lipinski definition) is 1. The van der Waals surface area contributed by atoms with Crippen molar-refractivity contribution < 1.29 is 33.6 Å². The first kappa shape index (κ1) is 21.0. The molecule has 29 heavy (non-hydrogen) atoms. The fourth-order valence-electron chi connectivity index (χ4n) is 3.24. The molecule has 2 aromatic rings. The van der Waals surface area contributed by atoms with E-state index in [4.69, 9.17) is 18.9 Å². The molecule has 1 heterocycles. The minimum Gasteiger partial charge on any atom is -0.452 e. The number of benzene rings is 2. The Morgan fingerprint density at radius 3 is 1.86 bits per heavy atom. The van der Waals surface area contributed by atoms with Crippen molar-refractivity contribution in [3.8, 4) is 0 Å². The normalized spacial score (nSPS) is 26.5. The first-order chi connectivity index (χ1) is 14.0. The van der Waals surface area contributed by atoms with Crippen molar-refractivity contribution in [2.75, 3.05) is 13.7 Å². The molecule has 154 valence electrons. The zero-order valence-electron chi connectivity index (χ0n) is 16.3. The average Bonchev–Trinajstić information content (AvgIpc) is 2.75. The Morgan fingerprint density at radius 2 is 1.38 bits per heavy atom. The fraction of sp³-hybridized carbons (Fsp3) is 0.364. The molecule has 1 N–H and O–H groups in total. The lowest BCUT2D eigenvalue weighted by molar-refractivity contribution is -0.226. The van der Waals surface area contributed by atoms with Crippen LogP contribution in [0.3, 0.4) is 0 Å². The molecule has 0 radical (unpaired) electrons. The Hall–Kier alpha value is -2.74. The Balaban J connectivity index is 1.82. The van der Waals surface area contributed by atoms with Gasteiger partial charge in [-0.05, 0) is 31.2 Å². The summed E-state index contributed by atoms with van der Waals surface area (Å²) in [5.74, 6) is -1.22. The van der Waals surface area contributed by atoms with Crippen LogP contribution in [-0.4, -0.2) is 61.3 Å². The maximum Gasteiger partial charge on any atom is 0.338 e. The van der Waals surface area contributed by atoms with Crippen LogP contribution >= 0.6 is 0 Å². The summed E-state index contributed by atoms with van der Waals surface area (Å²) in [6.45, 7) is 1.80. The predicted molar refractivity (Wildman–Crippen MR) is 104 cm³/mol. The van der Waals surface area contributed by atoms with Crippen LogP contribution in [0.15, 0.2) is 60.7 Å². The first-order valence-corrected chi connectivity index (χ1v) is 9.35. The van der Waals surface area contributed by atoms with Crippen LogP contribution in [0.4, 0.5) is 0 Å². The van der Waals surface area contributed by atoms with Gasteiger partial charge in [-0.15, -0.1) is 0 Å². The lowest BCUT2D eigenvalue weighted by atomic mass is 9.95. The van der Waals surface area contributed by atoms with Gasteiger partial charge in [0, 0.05) is 7.11 Å². The molecule has 0 amide bonds. The molecule has 5 atom stereocenters. The molecule has 5 unspecified atom stereocenters. The van der Waals surface area contributed by atoms with E-state index in [0.29, 0.717) is 11.1 Å². The number of methoxy groups -OCH3 is 1. The smallest absolute Gasteiger partial charge is 0.338 e. The summed E-state index contributed by atoms with van der Waals surface area (Å²) in [6, 6.07) is 16.9. The summed E-state index contributed by atoms with van der Waals surface area (Å²) in [4.78, 5) is 25.1. The monoisotopic (exact) mass is 400 g/mol. The largest absolute Gasteiger partial charge is 0.452 e. The van der Waals surface area contributed by atoms with Gasteiger partial charge in [-0.3, -0.25) is 0 Å². The van der Waals surface area contributed by atoms with Crippen LogP contribution in [0, 0.1) is 0 Å². The summed E-state index contributed by atoms with van der Waals surface area (Å²) in [5, 5.41) is 10.8. The van der Waals surface area contributed by atoms with Crippen LogP contribution in [0.2, 0.25) is 0 Å². The van der Waals surface area contributed by atoms with Crippen LogP contribution in [0.5, 0.6) is 0 Å². The number of ether oxygens (including phenoxy) is 4. The van der Waals surface area contributed by atoms with Gasteiger partial charge in [0.05, 0.1) is 23.8 Å². The molecule has 7 nitrogen and oxygen atoms in total. The standard InChI is InChI=1S/C22H24O7/c1-14-19(28-21(24)15-9-5-3-6-10-15)20(18(23)17(27-14)13-26-2)29-22(25)16-11-7-4-8-12-16/h3-12,14,17-20,23H,13H2,1-2H3. The maximum absolute atomic E-state index is 12.6. The van der Waals surface area contributed by atoms with Crippen molar-refractivity contribution in [2.45, 2.75) is 37.4 Å². The zero-order valence-corrected chi connectivity index (χ0v) is 16.3. The van der Waals surface area contributed by atoms with E-state index in [1.807, 2.05) is 0 Å². The van der Waals surface area contributed by atoms with Crippen LogP contribution in [0.25, 0.3) is 0 Å². The highest BCUT2D eigenvalue weighted by molar-refractivity contribution is 5.90. The average molecular weight is 400 g/mol. The Morgan fingerprint density at radius 1 is 0.897 bits per heavy atom. The fourth-order valence-corrected chi connectivity index (χ4v) is 3.24. The van der Waals surface area contributed by atoms with Gasteiger partial charge in [-0.25, -0.2) is 9.59 Å². The summed E-state index contributed by atoms with van der Waals surface area (Å²) in [6.07, 6.45) is -4.68. The van der Waals surface area contributed by atoms with Gasteiger partial charge in [0.25, 0.3) is 0 Å².